The van der Waals surface area contributed by atoms with Crippen LogP contribution in [0, 0.1) is 0 Å². The summed E-state index contributed by atoms with van der Waals surface area (Å²) >= 11 is 1.89. The molecule has 1 aromatic carbocycles. The summed E-state index contributed by atoms with van der Waals surface area (Å²) in [5.41, 5.74) is 2.46. The van der Waals surface area contributed by atoms with Crippen molar-refractivity contribution in [2.45, 2.75) is 51.0 Å². The quantitative estimate of drug-likeness (QED) is 0.819. The van der Waals surface area contributed by atoms with Gasteiger partial charge in [0.15, 0.2) is 0 Å². The first-order chi connectivity index (χ1) is 13.6. The summed E-state index contributed by atoms with van der Waals surface area (Å²) < 4.78 is 0. The van der Waals surface area contributed by atoms with Crippen molar-refractivity contribution in [3.05, 3.63) is 51.0 Å². The Bertz CT molecular complexity index is 831. The Morgan fingerprint density at radius 3 is 2.54 bits per heavy atom. The van der Waals surface area contributed by atoms with Gasteiger partial charge in [-0.2, -0.15) is 0 Å². The van der Waals surface area contributed by atoms with Gasteiger partial charge < -0.3 is 15.3 Å². The average molecular weight is 400 g/mol. The second-order valence-corrected chi connectivity index (χ2v) is 8.67. The molecule has 1 fully saturated rings. The lowest BCUT2D eigenvalue weighted by molar-refractivity contribution is 0.0697. The van der Waals surface area contributed by atoms with E-state index in [0.29, 0.717) is 12.5 Å². The van der Waals surface area contributed by atoms with Crippen LogP contribution in [0.3, 0.4) is 0 Å². The van der Waals surface area contributed by atoms with Crippen molar-refractivity contribution in [3.8, 4) is 0 Å². The van der Waals surface area contributed by atoms with Crippen LogP contribution < -0.4 is 5.32 Å². The van der Waals surface area contributed by atoms with Crippen molar-refractivity contribution in [1.29, 1.82) is 0 Å². The lowest BCUT2D eigenvalue weighted by atomic mass is 9.97. The number of carbonyl (C=O) groups is 2. The highest BCUT2D eigenvalue weighted by molar-refractivity contribution is 7.11. The van der Waals surface area contributed by atoms with Gasteiger partial charge >= 0.3 is 12.0 Å². The highest BCUT2D eigenvalue weighted by atomic mass is 32.1. The number of piperidine rings is 1. The number of aromatic nitrogens is 1. The second kappa shape index (κ2) is 8.31. The molecule has 0 saturated carbocycles. The number of likely N-dealkylation sites (tertiary alicyclic amines) is 1. The smallest absolute Gasteiger partial charge is 0.335 e. The monoisotopic (exact) mass is 399 g/mol. The summed E-state index contributed by atoms with van der Waals surface area (Å²) in [7, 11) is 0. The molecule has 1 aliphatic heterocycles. The molecule has 1 aliphatic carbocycles. The van der Waals surface area contributed by atoms with Crippen LogP contribution in [0.4, 0.5) is 4.79 Å². The molecule has 0 radical (unpaired) electrons. The Hall–Kier alpha value is -2.41. The van der Waals surface area contributed by atoms with Crippen molar-refractivity contribution in [2.24, 2.45) is 0 Å². The minimum Gasteiger partial charge on any atom is -0.478 e. The van der Waals surface area contributed by atoms with Gasteiger partial charge in [0.1, 0.15) is 0 Å². The highest BCUT2D eigenvalue weighted by Crippen LogP contribution is 2.35. The molecule has 4 rings (SSSR count). The number of nitrogens with zero attached hydrogens (tertiary/aromatic N) is 2. The van der Waals surface area contributed by atoms with Gasteiger partial charge in [-0.15, -0.1) is 11.3 Å². The summed E-state index contributed by atoms with van der Waals surface area (Å²) in [6.45, 7) is 1.90. The number of urea groups is 1. The minimum atomic E-state index is -0.945. The Labute approximate surface area is 168 Å². The van der Waals surface area contributed by atoms with Crippen LogP contribution >= 0.6 is 11.3 Å². The van der Waals surface area contributed by atoms with E-state index in [1.807, 2.05) is 16.2 Å². The molecule has 0 bridgehead atoms. The zero-order chi connectivity index (χ0) is 19.5. The summed E-state index contributed by atoms with van der Waals surface area (Å²) in [6, 6.07) is 6.53. The van der Waals surface area contributed by atoms with E-state index >= 15 is 0 Å². The van der Waals surface area contributed by atoms with E-state index in [1.54, 1.807) is 24.3 Å². The number of fused-ring (bicyclic) bond motifs is 1. The zero-order valence-electron chi connectivity index (χ0n) is 15.8. The standard InChI is InChI=1S/C21H25N3O3S/c25-20(26)16-7-5-14(6-8-16)13-22-21(27)24-11-9-15(10-12-24)19-23-17-3-1-2-4-18(17)28-19/h5-8,15H,1-4,9-13H2,(H,22,27)(H,25,26). The molecule has 2 heterocycles. The molecule has 2 amide bonds. The topological polar surface area (TPSA) is 82.5 Å². The summed E-state index contributed by atoms with van der Waals surface area (Å²) in [4.78, 5) is 31.6. The third kappa shape index (κ3) is 4.19. The molecular weight excluding hydrogens is 374 g/mol. The maximum atomic E-state index is 12.5. The van der Waals surface area contributed by atoms with Crippen molar-refractivity contribution >= 4 is 23.3 Å². The SMILES string of the molecule is O=C(O)c1ccc(CNC(=O)N2CCC(c3nc4c(s3)CCCC4)CC2)cc1. The van der Waals surface area contributed by atoms with Crippen LogP contribution in [0.25, 0.3) is 0 Å². The highest BCUT2D eigenvalue weighted by Gasteiger charge is 2.27. The molecule has 7 heteroatoms. The predicted molar refractivity (Wildman–Crippen MR) is 108 cm³/mol. The maximum absolute atomic E-state index is 12.5. The summed E-state index contributed by atoms with van der Waals surface area (Å²) in [6.07, 6.45) is 6.78. The van der Waals surface area contributed by atoms with E-state index in [1.165, 1.54) is 34.8 Å². The molecule has 6 nitrogen and oxygen atoms in total. The molecule has 2 N–H and O–H groups in total. The molecule has 1 saturated heterocycles. The van der Waals surface area contributed by atoms with Crippen LogP contribution in [-0.2, 0) is 19.4 Å². The minimum absolute atomic E-state index is 0.0563. The van der Waals surface area contributed by atoms with E-state index in [4.69, 9.17) is 10.1 Å². The van der Waals surface area contributed by atoms with Crippen LogP contribution in [-0.4, -0.2) is 40.1 Å². The van der Waals surface area contributed by atoms with Gasteiger partial charge in [0, 0.05) is 30.4 Å². The van der Waals surface area contributed by atoms with Crippen LogP contribution in [0.5, 0.6) is 0 Å². The average Bonchev–Trinajstić information content (AvgIpc) is 3.16. The first kappa shape index (κ1) is 18.9. The Morgan fingerprint density at radius 1 is 1.14 bits per heavy atom. The summed E-state index contributed by atoms with van der Waals surface area (Å²) in [5.74, 6) is -0.470. The molecule has 28 heavy (non-hydrogen) atoms. The van der Waals surface area contributed by atoms with E-state index < -0.39 is 5.97 Å². The van der Waals surface area contributed by atoms with E-state index in [0.717, 1.165) is 37.9 Å². The first-order valence-corrected chi connectivity index (χ1v) is 10.8. The van der Waals surface area contributed by atoms with Crippen molar-refractivity contribution in [1.82, 2.24) is 15.2 Å². The number of hydrogen-bond acceptors (Lipinski definition) is 4. The molecule has 0 spiro atoms. The number of thiazole rings is 1. The largest absolute Gasteiger partial charge is 0.478 e. The van der Waals surface area contributed by atoms with Gasteiger partial charge in [-0.25, -0.2) is 14.6 Å². The number of rotatable bonds is 4. The second-order valence-electron chi connectivity index (χ2n) is 7.55. The van der Waals surface area contributed by atoms with Gasteiger partial charge in [0.25, 0.3) is 0 Å². The fourth-order valence-electron chi connectivity index (χ4n) is 3.93. The van der Waals surface area contributed by atoms with Gasteiger partial charge in [0.2, 0.25) is 0 Å². The van der Waals surface area contributed by atoms with Gasteiger partial charge in [-0.1, -0.05) is 12.1 Å². The summed E-state index contributed by atoms with van der Waals surface area (Å²) in [5, 5.41) is 13.1. The van der Waals surface area contributed by atoms with Gasteiger partial charge in [-0.3, -0.25) is 0 Å². The molecule has 0 unspecified atom stereocenters. The maximum Gasteiger partial charge on any atom is 0.335 e. The lowest BCUT2D eigenvalue weighted by Crippen LogP contribution is -2.43. The number of carbonyl (C=O) groups excluding carboxylic acids is 1. The fraction of sp³-hybridized carbons (Fsp3) is 0.476. The van der Waals surface area contributed by atoms with E-state index in [-0.39, 0.29) is 11.6 Å². The number of benzene rings is 1. The van der Waals surface area contributed by atoms with Crippen molar-refractivity contribution < 1.29 is 14.7 Å². The van der Waals surface area contributed by atoms with Gasteiger partial charge in [0.05, 0.1) is 16.3 Å². The molecular formula is C21H25N3O3S. The van der Waals surface area contributed by atoms with E-state index in [2.05, 4.69) is 5.32 Å². The molecule has 2 aromatic rings. The normalized spacial score (nSPS) is 17.2. The van der Waals surface area contributed by atoms with E-state index in [9.17, 15) is 9.59 Å². The fourth-order valence-corrected chi connectivity index (χ4v) is 5.25. The Morgan fingerprint density at radius 2 is 1.86 bits per heavy atom. The number of carboxylic acid groups (broad SMARTS) is 1. The van der Waals surface area contributed by atoms with Crippen molar-refractivity contribution in [2.75, 3.05) is 13.1 Å². The number of nitrogens with one attached hydrogen (secondary N) is 1. The Balaban J connectivity index is 1.27. The molecule has 148 valence electrons. The molecule has 2 aliphatic rings. The number of aryl methyl sites for hydroxylation is 2. The number of hydrogen-bond donors (Lipinski definition) is 2. The molecule has 0 atom stereocenters. The predicted octanol–water partition coefficient (Wildman–Crippen LogP) is 3.81. The first-order valence-electron chi connectivity index (χ1n) is 9.93. The zero-order valence-corrected chi connectivity index (χ0v) is 16.6. The number of amides is 2. The van der Waals surface area contributed by atoms with Crippen molar-refractivity contribution in [3.63, 3.8) is 0 Å². The third-order valence-electron chi connectivity index (χ3n) is 5.64. The third-order valence-corrected chi connectivity index (χ3v) is 6.96. The van der Waals surface area contributed by atoms with Gasteiger partial charge in [-0.05, 0) is 56.2 Å². The van der Waals surface area contributed by atoms with Crippen LogP contribution in [0.1, 0.15) is 63.1 Å². The lowest BCUT2D eigenvalue weighted by Gasteiger charge is -2.31. The number of aromatic carboxylic acids is 1. The Kier molecular flexibility index (Phi) is 5.62. The van der Waals surface area contributed by atoms with Crippen LogP contribution in [0.15, 0.2) is 24.3 Å². The van der Waals surface area contributed by atoms with Crippen LogP contribution in [0.2, 0.25) is 0 Å². The molecule has 1 aromatic heterocycles. The number of carboxylic acids is 1.